The second-order valence-corrected chi connectivity index (χ2v) is 5.94. The van der Waals surface area contributed by atoms with Crippen molar-refractivity contribution >= 4 is 30.4 Å². The molecule has 1 rings (SSSR count). The third-order valence-corrected chi connectivity index (χ3v) is 4.12. The predicted octanol–water partition coefficient (Wildman–Crippen LogP) is -1.15. The van der Waals surface area contributed by atoms with Crippen LogP contribution in [-0.4, -0.2) is 59.9 Å². The minimum Gasteiger partial charge on any atom is -0.480 e. The largest absolute Gasteiger partial charge is 0.480 e. The zero-order valence-electron chi connectivity index (χ0n) is 13.1. The highest BCUT2D eigenvalue weighted by Crippen LogP contribution is 2.06. The van der Waals surface area contributed by atoms with Crippen molar-refractivity contribution in [3.05, 3.63) is 0 Å². The molecule has 3 unspecified atom stereocenters. The van der Waals surface area contributed by atoms with Gasteiger partial charge in [0.15, 0.2) is 0 Å². The molecule has 0 radical (unpaired) electrons. The number of nitrogens with one attached hydrogen (secondary N) is 3. The number of unbranched alkanes of at least 4 members (excludes halogenated alkanes) is 1. The Bertz CT molecular complexity index is 416. The Morgan fingerprint density at radius 1 is 1.26 bits per heavy atom. The summed E-state index contributed by atoms with van der Waals surface area (Å²) in [6, 6.07) is -2.15. The molecule has 0 aliphatic carbocycles. The summed E-state index contributed by atoms with van der Waals surface area (Å²) >= 11 is 4.07. The van der Waals surface area contributed by atoms with Crippen LogP contribution in [0.4, 0.5) is 0 Å². The maximum Gasteiger partial charge on any atom is 0.326 e. The van der Waals surface area contributed by atoms with Crippen LogP contribution in [0.3, 0.4) is 0 Å². The van der Waals surface area contributed by atoms with Crippen molar-refractivity contribution in [2.75, 3.05) is 18.8 Å². The zero-order valence-corrected chi connectivity index (χ0v) is 14.0. The van der Waals surface area contributed by atoms with Crippen molar-refractivity contribution in [3.8, 4) is 0 Å². The summed E-state index contributed by atoms with van der Waals surface area (Å²) in [5.74, 6) is -1.80. The lowest BCUT2D eigenvalue weighted by atomic mass is 10.1. The Morgan fingerprint density at radius 2 is 2.00 bits per heavy atom. The molecular formula is C14H26N4O4S. The monoisotopic (exact) mass is 346 g/mol. The Labute approximate surface area is 141 Å². The molecule has 1 aliphatic rings. The van der Waals surface area contributed by atoms with E-state index in [1.54, 1.807) is 0 Å². The molecule has 6 N–H and O–H groups in total. The minimum atomic E-state index is -1.10. The van der Waals surface area contributed by atoms with Gasteiger partial charge in [0.05, 0.1) is 6.04 Å². The molecule has 0 saturated carbocycles. The van der Waals surface area contributed by atoms with Gasteiger partial charge in [-0.25, -0.2) is 4.79 Å². The van der Waals surface area contributed by atoms with Crippen LogP contribution in [0.15, 0.2) is 0 Å². The van der Waals surface area contributed by atoms with Crippen molar-refractivity contribution in [1.82, 2.24) is 16.0 Å². The fourth-order valence-electron chi connectivity index (χ4n) is 2.40. The van der Waals surface area contributed by atoms with Crippen LogP contribution in [-0.2, 0) is 14.4 Å². The first kappa shape index (κ1) is 19.7. The highest BCUT2D eigenvalue weighted by molar-refractivity contribution is 7.80. The number of thiol groups is 1. The minimum absolute atomic E-state index is 0.0967. The Balaban J connectivity index is 2.52. The number of carboxylic acid groups (broad SMARTS) is 1. The van der Waals surface area contributed by atoms with Gasteiger partial charge in [-0.15, -0.1) is 0 Å². The average molecular weight is 346 g/mol. The first-order valence-corrected chi connectivity index (χ1v) is 8.50. The summed E-state index contributed by atoms with van der Waals surface area (Å²) in [6.45, 7) is 1.25. The van der Waals surface area contributed by atoms with Gasteiger partial charge in [0.1, 0.15) is 12.1 Å². The molecule has 0 spiro atoms. The lowest BCUT2D eigenvalue weighted by Gasteiger charge is -2.21. The van der Waals surface area contributed by atoms with Gasteiger partial charge in [0, 0.05) is 5.75 Å². The standard InChI is InChI=1S/C14H26N4O4S/c15-6-2-1-4-10(14(21)22)17-13(20)11(8-23)18-12(19)9-5-3-7-16-9/h9-11,16,23H,1-8,15H2,(H,17,20)(H,18,19)(H,21,22). The topological polar surface area (TPSA) is 134 Å². The average Bonchev–Trinajstić information content (AvgIpc) is 3.05. The number of nitrogens with two attached hydrogens (primary N) is 1. The number of carbonyl (C=O) groups is 3. The van der Waals surface area contributed by atoms with Crippen LogP contribution in [0.25, 0.3) is 0 Å². The van der Waals surface area contributed by atoms with Crippen LogP contribution in [0.1, 0.15) is 32.1 Å². The van der Waals surface area contributed by atoms with E-state index in [0.29, 0.717) is 25.8 Å². The van der Waals surface area contributed by atoms with E-state index in [2.05, 4.69) is 28.6 Å². The zero-order chi connectivity index (χ0) is 17.2. The summed E-state index contributed by atoms with van der Waals surface area (Å²) < 4.78 is 0. The van der Waals surface area contributed by atoms with Gasteiger partial charge in [-0.05, 0) is 45.2 Å². The molecule has 1 aliphatic heterocycles. The number of hydrogen-bond donors (Lipinski definition) is 6. The highest BCUT2D eigenvalue weighted by atomic mass is 32.1. The van der Waals surface area contributed by atoms with E-state index < -0.39 is 24.0 Å². The van der Waals surface area contributed by atoms with Crippen LogP contribution in [0.2, 0.25) is 0 Å². The van der Waals surface area contributed by atoms with E-state index in [-0.39, 0.29) is 17.7 Å². The third kappa shape index (κ3) is 6.76. The second kappa shape index (κ2) is 10.5. The number of aliphatic carboxylic acids is 1. The predicted molar refractivity (Wildman–Crippen MR) is 89.3 cm³/mol. The highest BCUT2D eigenvalue weighted by Gasteiger charge is 2.28. The van der Waals surface area contributed by atoms with Crippen molar-refractivity contribution in [2.45, 2.75) is 50.2 Å². The Kier molecular flexibility index (Phi) is 8.97. The summed E-state index contributed by atoms with van der Waals surface area (Å²) in [7, 11) is 0. The van der Waals surface area contributed by atoms with Gasteiger partial charge in [0.25, 0.3) is 0 Å². The summed E-state index contributed by atoms with van der Waals surface area (Å²) in [5.41, 5.74) is 5.38. The molecule has 0 aromatic carbocycles. The number of carbonyl (C=O) groups excluding carboxylic acids is 2. The molecule has 0 bridgehead atoms. The van der Waals surface area contributed by atoms with Gasteiger partial charge < -0.3 is 26.8 Å². The molecular weight excluding hydrogens is 320 g/mol. The molecule has 1 heterocycles. The summed E-state index contributed by atoms with van der Waals surface area (Å²) in [6.07, 6.45) is 3.24. The van der Waals surface area contributed by atoms with Gasteiger partial charge in [0.2, 0.25) is 11.8 Å². The fraction of sp³-hybridized carbons (Fsp3) is 0.786. The molecule has 132 valence electrons. The molecule has 1 fully saturated rings. The SMILES string of the molecule is NCCCCC(NC(=O)C(CS)NC(=O)C1CCCN1)C(=O)O. The molecule has 1 saturated heterocycles. The van der Waals surface area contributed by atoms with Crippen molar-refractivity contribution in [3.63, 3.8) is 0 Å². The smallest absolute Gasteiger partial charge is 0.326 e. The molecule has 0 aromatic rings. The van der Waals surface area contributed by atoms with Gasteiger partial charge in [-0.1, -0.05) is 0 Å². The Hall–Kier alpha value is -1.32. The summed E-state index contributed by atoms with van der Waals surface area (Å²) in [4.78, 5) is 35.4. The number of rotatable bonds is 10. The van der Waals surface area contributed by atoms with Crippen molar-refractivity contribution in [2.24, 2.45) is 5.73 Å². The van der Waals surface area contributed by atoms with Crippen molar-refractivity contribution in [1.29, 1.82) is 0 Å². The molecule has 3 atom stereocenters. The molecule has 8 nitrogen and oxygen atoms in total. The fourth-order valence-corrected chi connectivity index (χ4v) is 2.65. The maximum absolute atomic E-state index is 12.2. The van der Waals surface area contributed by atoms with Crippen molar-refractivity contribution < 1.29 is 19.5 Å². The number of amides is 2. The maximum atomic E-state index is 12.2. The normalized spacial score (nSPS) is 19.8. The Morgan fingerprint density at radius 3 is 2.52 bits per heavy atom. The van der Waals surface area contributed by atoms with E-state index >= 15 is 0 Å². The summed E-state index contributed by atoms with van der Waals surface area (Å²) in [5, 5.41) is 17.3. The van der Waals surface area contributed by atoms with Gasteiger partial charge >= 0.3 is 5.97 Å². The lowest BCUT2D eigenvalue weighted by molar-refractivity contribution is -0.142. The van der Waals surface area contributed by atoms with Crippen LogP contribution in [0, 0.1) is 0 Å². The van der Waals surface area contributed by atoms with Crippen LogP contribution < -0.4 is 21.7 Å². The van der Waals surface area contributed by atoms with E-state index in [9.17, 15) is 14.4 Å². The molecule has 23 heavy (non-hydrogen) atoms. The molecule has 9 heteroatoms. The van der Waals surface area contributed by atoms with Crippen LogP contribution >= 0.6 is 12.6 Å². The van der Waals surface area contributed by atoms with E-state index in [1.807, 2.05) is 0 Å². The molecule has 0 aromatic heterocycles. The number of carboxylic acids is 1. The van der Waals surface area contributed by atoms with E-state index in [1.165, 1.54) is 0 Å². The third-order valence-electron chi connectivity index (χ3n) is 3.75. The lowest BCUT2D eigenvalue weighted by Crippen LogP contribution is -2.55. The number of hydrogen-bond acceptors (Lipinski definition) is 6. The molecule has 2 amide bonds. The first-order valence-electron chi connectivity index (χ1n) is 7.87. The van der Waals surface area contributed by atoms with E-state index in [0.717, 1.165) is 19.4 Å². The van der Waals surface area contributed by atoms with Gasteiger partial charge in [-0.2, -0.15) is 12.6 Å². The van der Waals surface area contributed by atoms with E-state index in [4.69, 9.17) is 10.8 Å². The first-order chi connectivity index (χ1) is 11.0. The van der Waals surface area contributed by atoms with Crippen LogP contribution in [0.5, 0.6) is 0 Å². The van der Waals surface area contributed by atoms with Gasteiger partial charge in [-0.3, -0.25) is 9.59 Å². The second-order valence-electron chi connectivity index (χ2n) is 5.58. The quantitative estimate of drug-likeness (QED) is 0.219.